The van der Waals surface area contributed by atoms with Crippen molar-refractivity contribution < 1.29 is 19.8 Å². The minimum atomic E-state index is -0.166. The predicted octanol–water partition coefficient (Wildman–Crippen LogP) is 7.43. The fraction of sp³-hybridized carbons (Fsp3) is 0.733. The van der Waals surface area contributed by atoms with E-state index in [4.69, 9.17) is 9.98 Å². The highest BCUT2D eigenvalue weighted by Crippen LogP contribution is 2.37. The molecule has 36 heavy (non-hydrogen) atoms. The predicted molar refractivity (Wildman–Crippen MR) is 148 cm³/mol. The number of Topliss-reactive ketones (excluding diaryl/α,β-unsaturated/α-hetero) is 2. The van der Waals surface area contributed by atoms with Gasteiger partial charge in [-0.3, -0.25) is 19.6 Å². The first kappa shape index (κ1) is 30.0. The molecule has 0 aromatic rings. The van der Waals surface area contributed by atoms with Crippen molar-refractivity contribution in [3.8, 4) is 0 Å². The summed E-state index contributed by atoms with van der Waals surface area (Å²) in [4.78, 5) is 35.4. The summed E-state index contributed by atoms with van der Waals surface area (Å²) in [7, 11) is 0. The van der Waals surface area contributed by atoms with E-state index < -0.39 is 0 Å². The molecule has 2 aliphatic carbocycles. The average Bonchev–Trinajstić information content (AvgIpc) is 2.74. The van der Waals surface area contributed by atoms with Crippen molar-refractivity contribution in [1.29, 1.82) is 0 Å². The molecule has 202 valence electrons. The first-order chi connectivity index (χ1) is 16.7. The Morgan fingerprint density at radius 3 is 1.36 bits per heavy atom. The van der Waals surface area contributed by atoms with Gasteiger partial charge in [0.15, 0.2) is 11.6 Å². The van der Waals surface area contributed by atoms with Crippen LogP contribution in [0.25, 0.3) is 0 Å². The van der Waals surface area contributed by atoms with Crippen molar-refractivity contribution in [1.82, 2.24) is 0 Å². The fourth-order valence-corrected chi connectivity index (χ4v) is 5.00. The van der Waals surface area contributed by atoms with E-state index in [2.05, 4.69) is 41.5 Å². The highest BCUT2D eigenvalue weighted by atomic mass is 16.3. The number of aliphatic hydroxyl groups excluding tert-OH is 2. The normalized spacial score (nSPS) is 26.8. The summed E-state index contributed by atoms with van der Waals surface area (Å²) in [6.45, 7) is 16.4. The van der Waals surface area contributed by atoms with Crippen LogP contribution in [0, 0.1) is 10.8 Å². The van der Waals surface area contributed by atoms with Crippen molar-refractivity contribution in [3.63, 3.8) is 0 Å². The van der Waals surface area contributed by atoms with Gasteiger partial charge in [0.1, 0.15) is 11.5 Å². The molecule has 0 amide bonds. The Bertz CT molecular complexity index is 887. The van der Waals surface area contributed by atoms with Crippen LogP contribution < -0.4 is 0 Å². The van der Waals surface area contributed by atoms with E-state index in [1.54, 1.807) is 0 Å². The standard InChI is InChI=1S/C30H48N2O4/c1-9-19(3)31-21-15-29(5,6)17-25(35)27(21)23(33)13-11-12-14-24(34)28-22(32-20(4)10-2)16-30(7,8)18-26(28)36/h19-20,33-34H,9-18H2,1-8H3. The van der Waals surface area contributed by atoms with Crippen molar-refractivity contribution in [3.05, 3.63) is 22.7 Å². The lowest BCUT2D eigenvalue weighted by Gasteiger charge is -2.32. The zero-order valence-electron chi connectivity index (χ0n) is 23.8. The summed E-state index contributed by atoms with van der Waals surface area (Å²) in [5.74, 6) is 0.104. The highest BCUT2D eigenvalue weighted by molar-refractivity contribution is 6.25. The van der Waals surface area contributed by atoms with Gasteiger partial charge in [0, 0.05) is 49.2 Å². The molecule has 0 aliphatic heterocycles. The molecule has 6 nitrogen and oxygen atoms in total. The molecule has 6 heteroatoms. The Hall–Kier alpha value is -2.24. The molecule has 2 fully saturated rings. The molecule has 0 saturated heterocycles. The lowest BCUT2D eigenvalue weighted by Crippen LogP contribution is -2.33. The Labute approximate surface area is 218 Å². The number of carbonyl (C=O) groups excluding carboxylic acids is 2. The first-order valence-corrected chi connectivity index (χ1v) is 13.7. The summed E-state index contributed by atoms with van der Waals surface area (Å²) in [6, 6.07) is 0.190. The van der Waals surface area contributed by atoms with E-state index in [9.17, 15) is 19.8 Å². The summed E-state index contributed by atoms with van der Waals surface area (Å²) < 4.78 is 0. The smallest absolute Gasteiger partial charge is 0.168 e. The number of carbonyl (C=O) groups is 2. The number of hydrogen-bond acceptors (Lipinski definition) is 6. The molecule has 0 bridgehead atoms. The summed E-state index contributed by atoms with van der Waals surface area (Å²) in [5.41, 5.74) is 1.89. The van der Waals surface area contributed by atoms with Gasteiger partial charge in [-0.15, -0.1) is 0 Å². The number of aliphatic hydroxyl groups is 2. The molecule has 2 aliphatic rings. The van der Waals surface area contributed by atoms with Gasteiger partial charge in [0.2, 0.25) is 0 Å². The van der Waals surface area contributed by atoms with Gasteiger partial charge in [-0.1, -0.05) is 41.5 Å². The lowest BCUT2D eigenvalue weighted by atomic mass is 9.73. The van der Waals surface area contributed by atoms with Crippen molar-refractivity contribution in [2.24, 2.45) is 20.8 Å². The van der Waals surface area contributed by atoms with E-state index in [0.717, 1.165) is 24.3 Å². The van der Waals surface area contributed by atoms with Gasteiger partial charge < -0.3 is 10.2 Å². The number of rotatable bonds is 9. The molecule has 2 unspecified atom stereocenters. The summed E-state index contributed by atoms with van der Waals surface area (Å²) in [5, 5.41) is 21.8. The fourth-order valence-electron chi connectivity index (χ4n) is 5.00. The number of aliphatic imine (C=N–C) groups is 2. The van der Waals surface area contributed by atoms with Crippen LogP contribution >= 0.6 is 0 Å². The second-order valence-electron chi connectivity index (χ2n) is 12.4. The SMILES string of the molecule is CCC(C)N=C1CC(C)(C)CC(=O)C1=C(O)CCCCC(O)=C1C(=O)CC(C)(C)CC1=NC(C)CC. The molecule has 2 saturated carbocycles. The Kier molecular flexibility index (Phi) is 10.3. The number of hydrogen-bond donors (Lipinski definition) is 2. The van der Waals surface area contributed by atoms with E-state index in [1.807, 2.05) is 13.8 Å². The second kappa shape index (κ2) is 12.3. The third-order valence-electron chi connectivity index (χ3n) is 7.29. The molecule has 2 atom stereocenters. The van der Waals surface area contributed by atoms with Crippen LogP contribution in [0.4, 0.5) is 0 Å². The van der Waals surface area contributed by atoms with E-state index in [0.29, 0.717) is 62.5 Å². The topological polar surface area (TPSA) is 99.3 Å². The molecule has 2 rings (SSSR count). The first-order valence-electron chi connectivity index (χ1n) is 13.7. The van der Waals surface area contributed by atoms with Crippen molar-refractivity contribution in [2.75, 3.05) is 0 Å². The Balaban J connectivity index is 2.17. The lowest BCUT2D eigenvalue weighted by molar-refractivity contribution is -0.118. The van der Waals surface area contributed by atoms with Crippen LogP contribution in [0.2, 0.25) is 0 Å². The molecule has 2 N–H and O–H groups in total. The zero-order valence-corrected chi connectivity index (χ0v) is 23.8. The number of allylic oxidation sites excluding steroid dienone is 4. The third-order valence-corrected chi connectivity index (χ3v) is 7.29. The van der Waals surface area contributed by atoms with Gasteiger partial charge in [0.05, 0.1) is 11.1 Å². The van der Waals surface area contributed by atoms with Crippen LogP contribution in [-0.2, 0) is 9.59 Å². The van der Waals surface area contributed by atoms with Gasteiger partial charge in [-0.25, -0.2) is 0 Å². The average molecular weight is 501 g/mol. The molecule has 0 heterocycles. The number of nitrogens with zero attached hydrogens (tertiary/aromatic N) is 2. The van der Waals surface area contributed by atoms with Crippen molar-refractivity contribution >= 4 is 23.0 Å². The summed E-state index contributed by atoms with van der Waals surface area (Å²) in [6.07, 6.45) is 5.77. The van der Waals surface area contributed by atoms with Crippen LogP contribution in [0.5, 0.6) is 0 Å². The summed E-state index contributed by atoms with van der Waals surface area (Å²) >= 11 is 0. The van der Waals surface area contributed by atoms with E-state index in [-0.39, 0.29) is 46.0 Å². The molecule has 0 aromatic heterocycles. The number of ketones is 2. The minimum Gasteiger partial charge on any atom is -0.511 e. The van der Waals surface area contributed by atoms with Crippen molar-refractivity contribution in [2.45, 2.75) is 132 Å². The maximum Gasteiger partial charge on any atom is 0.168 e. The number of unbranched alkanes of at least 4 members (excludes halogenated alkanes) is 1. The van der Waals surface area contributed by atoms with Crippen LogP contribution in [0.1, 0.15) is 120 Å². The van der Waals surface area contributed by atoms with E-state index in [1.165, 1.54) is 0 Å². The molecule has 0 radical (unpaired) electrons. The van der Waals surface area contributed by atoms with E-state index >= 15 is 0 Å². The van der Waals surface area contributed by atoms with Crippen LogP contribution in [0.3, 0.4) is 0 Å². The van der Waals surface area contributed by atoms with Crippen LogP contribution in [0.15, 0.2) is 32.6 Å². The maximum absolute atomic E-state index is 12.9. The molecular weight excluding hydrogens is 452 g/mol. The van der Waals surface area contributed by atoms with Gasteiger partial charge in [-0.05, 0) is 63.2 Å². The Morgan fingerprint density at radius 1 is 0.722 bits per heavy atom. The highest BCUT2D eigenvalue weighted by Gasteiger charge is 2.37. The molecule has 0 aromatic carbocycles. The van der Waals surface area contributed by atoms with Crippen LogP contribution in [-0.4, -0.2) is 45.3 Å². The molecular formula is C30H48N2O4. The van der Waals surface area contributed by atoms with Gasteiger partial charge >= 0.3 is 0 Å². The quantitative estimate of drug-likeness (QED) is 0.195. The minimum absolute atomic E-state index is 0.0444. The largest absolute Gasteiger partial charge is 0.511 e. The Morgan fingerprint density at radius 2 is 1.06 bits per heavy atom. The second-order valence-corrected chi connectivity index (χ2v) is 12.4. The van der Waals surface area contributed by atoms with Gasteiger partial charge in [0.25, 0.3) is 0 Å². The molecule has 0 spiro atoms. The van der Waals surface area contributed by atoms with Gasteiger partial charge in [-0.2, -0.15) is 0 Å². The zero-order chi connectivity index (χ0) is 27.3. The third kappa shape index (κ3) is 8.14. The maximum atomic E-state index is 12.9. The monoisotopic (exact) mass is 500 g/mol.